The first-order chi connectivity index (χ1) is 6.91. The van der Waals surface area contributed by atoms with Crippen LogP contribution in [0.25, 0.3) is 5.65 Å². The molecule has 2 aromatic heterocycles. The zero-order valence-electron chi connectivity index (χ0n) is 7.64. The highest BCUT2D eigenvalue weighted by molar-refractivity contribution is 14.1. The van der Waals surface area contributed by atoms with E-state index in [-0.39, 0.29) is 0 Å². The number of halogens is 4. The molecule has 15 heavy (non-hydrogen) atoms. The molecule has 0 saturated carbocycles. The fourth-order valence-corrected chi connectivity index (χ4v) is 2.02. The molecule has 2 aromatic rings. The number of aryl methyl sites for hydroxylation is 1. The smallest absolute Gasteiger partial charge is 0.283 e. The van der Waals surface area contributed by atoms with E-state index < -0.39 is 11.9 Å². The highest BCUT2D eigenvalue weighted by Crippen LogP contribution is 2.31. The molecule has 0 fully saturated rings. The molecule has 0 atom stereocenters. The van der Waals surface area contributed by atoms with E-state index in [1.807, 2.05) is 22.6 Å². The molecule has 0 N–H and O–H groups in total. The number of hydrogen-bond acceptors (Lipinski definition) is 1. The maximum Gasteiger partial charge on any atom is 0.431 e. The third-order valence-electron chi connectivity index (χ3n) is 2.04. The van der Waals surface area contributed by atoms with Crippen LogP contribution in [0.5, 0.6) is 0 Å². The van der Waals surface area contributed by atoms with Crippen LogP contribution in [0.15, 0.2) is 18.2 Å². The van der Waals surface area contributed by atoms with Gasteiger partial charge in [-0.2, -0.15) is 13.2 Å². The van der Waals surface area contributed by atoms with E-state index in [1.54, 1.807) is 13.0 Å². The van der Waals surface area contributed by atoms with Gasteiger partial charge in [0.1, 0.15) is 15.0 Å². The Balaban J connectivity index is 2.86. The Morgan fingerprint density at radius 1 is 1.33 bits per heavy atom. The summed E-state index contributed by atoms with van der Waals surface area (Å²) in [5.41, 5.74) is 0.240. The summed E-state index contributed by atoms with van der Waals surface area (Å²) in [6.07, 6.45) is -4.35. The lowest BCUT2D eigenvalue weighted by Crippen LogP contribution is -2.12. The van der Waals surface area contributed by atoms with Crippen LogP contribution in [0, 0.1) is 10.6 Å². The molecule has 0 aliphatic carbocycles. The molecule has 0 saturated heterocycles. The van der Waals surface area contributed by atoms with Gasteiger partial charge in [-0.1, -0.05) is 6.07 Å². The molecule has 2 rings (SSSR count). The number of rotatable bonds is 0. The summed E-state index contributed by atoms with van der Waals surface area (Å²) in [6.45, 7) is 1.69. The fourth-order valence-electron chi connectivity index (χ4n) is 1.39. The molecule has 0 unspecified atom stereocenters. The van der Waals surface area contributed by atoms with Gasteiger partial charge in [0.2, 0.25) is 0 Å². The van der Waals surface area contributed by atoms with Crippen LogP contribution in [0.4, 0.5) is 13.2 Å². The molecule has 0 aliphatic heterocycles. The highest BCUT2D eigenvalue weighted by atomic mass is 127. The summed E-state index contributed by atoms with van der Waals surface area (Å²) < 4.78 is 39.6. The van der Waals surface area contributed by atoms with Crippen LogP contribution in [0.2, 0.25) is 0 Å². The first kappa shape index (κ1) is 10.7. The lowest BCUT2D eigenvalue weighted by Gasteiger charge is -2.09. The predicted molar refractivity (Wildman–Crippen MR) is 57.6 cm³/mol. The van der Waals surface area contributed by atoms with Gasteiger partial charge in [0.25, 0.3) is 0 Å². The average Bonchev–Trinajstić information content (AvgIpc) is 2.41. The second-order valence-corrected chi connectivity index (χ2v) is 4.11. The summed E-state index contributed by atoms with van der Waals surface area (Å²) in [5, 5.41) is 0. The van der Waals surface area contributed by atoms with Gasteiger partial charge >= 0.3 is 6.18 Å². The van der Waals surface area contributed by atoms with Gasteiger partial charge in [-0.15, -0.1) is 0 Å². The van der Waals surface area contributed by atoms with Crippen molar-refractivity contribution in [1.82, 2.24) is 9.38 Å². The summed E-state index contributed by atoms with van der Waals surface area (Å²) in [4.78, 5) is 4.04. The van der Waals surface area contributed by atoms with E-state index in [4.69, 9.17) is 0 Å². The zero-order chi connectivity index (χ0) is 11.2. The summed E-state index contributed by atoms with van der Waals surface area (Å²) >= 11 is 1.86. The molecule has 2 nitrogen and oxygen atoms in total. The van der Waals surface area contributed by atoms with Gasteiger partial charge < -0.3 is 0 Å². The van der Waals surface area contributed by atoms with Gasteiger partial charge in [0.05, 0.1) is 5.69 Å². The summed E-state index contributed by atoms with van der Waals surface area (Å²) in [6, 6.07) is 3.97. The first-order valence-corrected chi connectivity index (χ1v) is 5.20. The summed E-state index contributed by atoms with van der Waals surface area (Å²) in [5.74, 6) is 0. The van der Waals surface area contributed by atoms with Gasteiger partial charge in [-0.3, -0.25) is 4.40 Å². The van der Waals surface area contributed by atoms with E-state index in [9.17, 15) is 13.2 Å². The van der Waals surface area contributed by atoms with Gasteiger partial charge in [0, 0.05) is 0 Å². The van der Waals surface area contributed by atoms with Gasteiger partial charge in [-0.25, -0.2) is 4.98 Å². The molecular weight excluding hydrogens is 320 g/mol. The standard InChI is InChI=1S/C9H6F3IN2/c1-5-8(13)15-6(9(10,11)12)3-2-4-7(15)14-5/h2-4H,1H3. The number of hydrogen-bond donors (Lipinski definition) is 0. The number of imidazole rings is 1. The minimum absolute atomic E-state index is 0.326. The van der Waals surface area contributed by atoms with Crippen LogP contribution in [0.3, 0.4) is 0 Å². The highest BCUT2D eigenvalue weighted by Gasteiger charge is 2.34. The van der Waals surface area contributed by atoms with Gasteiger partial charge in [0.15, 0.2) is 0 Å². The van der Waals surface area contributed by atoms with Crippen LogP contribution in [0.1, 0.15) is 11.4 Å². The number of nitrogens with zero attached hydrogens (tertiary/aromatic N) is 2. The maximum absolute atomic E-state index is 12.7. The van der Waals surface area contributed by atoms with E-state index in [2.05, 4.69) is 4.98 Å². The molecule has 0 aromatic carbocycles. The topological polar surface area (TPSA) is 17.3 Å². The Labute approximate surface area is 97.3 Å². The van der Waals surface area contributed by atoms with Gasteiger partial charge in [-0.05, 0) is 41.6 Å². The predicted octanol–water partition coefficient (Wildman–Crippen LogP) is 3.27. The monoisotopic (exact) mass is 326 g/mol. The molecule has 2 heterocycles. The van der Waals surface area contributed by atoms with E-state index in [1.165, 1.54) is 6.07 Å². The van der Waals surface area contributed by atoms with E-state index in [0.29, 0.717) is 15.0 Å². The van der Waals surface area contributed by atoms with Crippen LogP contribution in [-0.2, 0) is 6.18 Å². The van der Waals surface area contributed by atoms with Crippen molar-refractivity contribution in [2.24, 2.45) is 0 Å². The fraction of sp³-hybridized carbons (Fsp3) is 0.222. The minimum Gasteiger partial charge on any atom is -0.283 e. The number of pyridine rings is 1. The Morgan fingerprint density at radius 2 is 2.00 bits per heavy atom. The van der Waals surface area contributed by atoms with Crippen molar-refractivity contribution in [2.75, 3.05) is 0 Å². The third kappa shape index (κ3) is 1.70. The second kappa shape index (κ2) is 3.36. The maximum atomic E-state index is 12.7. The molecule has 6 heteroatoms. The number of aromatic nitrogens is 2. The van der Waals surface area contributed by atoms with Crippen LogP contribution < -0.4 is 0 Å². The third-order valence-corrected chi connectivity index (χ3v) is 3.30. The van der Waals surface area contributed by atoms with Crippen molar-refractivity contribution in [3.8, 4) is 0 Å². The lowest BCUT2D eigenvalue weighted by molar-refractivity contribution is -0.142. The number of fused-ring (bicyclic) bond motifs is 1. The Bertz CT molecular complexity index is 516. The van der Waals surface area contributed by atoms with Crippen LogP contribution >= 0.6 is 22.6 Å². The Morgan fingerprint density at radius 3 is 2.60 bits per heavy atom. The average molecular weight is 326 g/mol. The van der Waals surface area contributed by atoms with Crippen molar-refractivity contribution in [3.63, 3.8) is 0 Å². The van der Waals surface area contributed by atoms with Crippen molar-refractivity contribution >= 4 is 28.2 Å². The second-order valence-electron chi connectivity index (χ2n) is 3.09. The molecular formula is C9H6F3IN2. The summed E-state index contributed by atoms with van der Waals surface area (Å²) in [7, 11) is 0. The Kier molecular flexibility index (Phi) is 2.40. The lowest BCUT2D eigenvalue weighted by atomic mass is 10.3. The molecule has 0 spiro atoms. The van der Waals surface area contributed by atoms with E-state index >= 15 is 0 Å². The molecule has 0 radical (unpaired) electrons. The first-order valence-electron chi connectivity index (χ1n) is 4.12. The SMILES string of the molecule is Cc1nc2cccc(C(F)(F)F)n2c1I. The zero-order valence-corrected chi connectivity index (χ0v) is 9.80. The van der Waals surface area contributed by atoms with Crippen molar-refractivity contribution in [3.05, 3.63) is 33.3 Å². The Hall–Kier alpha value is -0.790. The molecule has 0 bridgehead atoms. The quantitative estimate of drug-likeness (QED) is 0.679. The van der Waals surface area contributed by atoms with E-state index in [0.717, 1.165) is 10.5 Å². The van der Waals surface area contributed by atoms with Crippen molar-refractivity contribution in [2.45, 2.75) is 13.1 Å². The molecule has 80 valence electrons. The number of alkyl halides is 3. The van der Waals surface area contributed by atoms with Crippen molar-refractivity contribution in [1.29, 1.82) is 0 Å². The molecule has 0 amide bonds. The largest absolute Gasteiger partial charge is 0.431 e. The molecule has 0 aliphatic rings. The normalized spacial score (nSPS) is 12.3. The minimum atomic E-state index is -4.35. The van der Waals surface area contributed by atoms with Crippen LogP contribution in [-0.4, -0.2) is 9.38 Å². The van der Waals surface area contributed by atoms with Crippen molar-refractivity contribution < 1.29 is 13.2 Å².